The molecular formula is C12H14ClN3S. The van der Waals surface area contributed by atoms with Gasteiger partial charge in [0.25, 0.3) is 0 Å². The number of anilines is 1. The minimum Gasteiger partial charge on any atom is -0.369 e. The van der Waals surface area contributed by atoms with Gasteiger partial charge in [0.05, 0.1) is 11.0 Å². The summed E-state index contributed by atoms with van der Waals surface area (Å²) in [6, 6.07) is 6.20. The molecule has 3 nitrogen and oxygen atoms in total. The smallest absolute Gasteiger partial charge is 0.201 e. The van der Waals surface area contributed by atoms with Crippen molar-refractivity contribution in [2.45, 2.75) is 18.9 Å². The van der Waals surface area contributed by atoms with Crippen LogP contribution in [-0.4, -0.2) is 21.1 Å². The molecule has 2 N–H and O–H groups in total. The molecule has 0 aliphatic carbocycles. The van der Waals surface area contributed by atoms with E-state index >= 15 is 0 Å². The first kappa shape index (κ1) is 11.2. The Morgan fingerprint density at radius 3 is 3.12 bits per heavy atom. The predicted molar refractivity (Wildman–Crippen MR) is 74.8 cm³/mol. The van der Waals surface area contributed by atoms with Gasteiger partial charge in [0, 0.05) is 16.8 Å². The third-order valence-corrected chi connectivity index (χ3v) is 4.61. The minimum atomic E-state index is 0.456. The Hall–Kier alpha value is -0.870. The van der Waals surface area contributed by atoms with Gasteiger partial charge >= 0.3 is 0 Å². The van der Waals surface area contributed by atoms with Crippen molar-refractivity contribution in [3.8, 4) is 0 Å². The van der Waals surface area contributed by atoms with Crippen LogP contribution >= 0.6 is 23.4 Å². The first-order chi connectivity index (χ1) is 8.25. The molecule has 5 heteroatoms. The van der Waals surface area contributed by atoms with Gasteiger partial charge in [-0.25, -0.2) is 4.98 Å². The highest BCUT2D eigenvalue weighted by molar-refractivity contribution is 7.99. The first-order valence-corrected chi connectivity index (χ1v) is 7.29. The molecule has 1 saturated heterocycles. The van der Waals surface area contributed by atoms with E-state index in [1.807, 2.05) is 30.0 Å². The maximum Gasteiger partial charge on any atom is 0.201 e. The van der Waals surface area contributed by atoms with E-state index in [4.69, 9.17) is 17.3 Å². The Balaban J connectivity index is 2.13. The van der Waals surface area contributed by atoms with Gasteiger partial charge < -0.3 is 10.3 Å². The van der Waals surface area contributed by atoms with Crippen molar-refractivity contribution in [3.05, 3.63) is 23.2 Å². The molecule has 0 saturated carbocycles. The van der Waals surface area contributed by atoms with Crippen molar-refractivity contribution in [1.82, 2.24) is 9.55 Å². The number of hydrogen-bond acceptors (Lipinski definition) is 3. The lowest BCUT2D eigenvalue weighted by Crippen LogP contribution is -2.17. The van der Waals surface area contributed by atoms with Gasteiger partial charge in [-0.2, -0.15) is 11.8 Å². The highest BCUT2D eigenvalue weighted by Crippen LogP contribution is 2.32. The molecule has 0 radical (unpaired) electrons. The molecule has 1 aliphatic heterocycles. The molecule has 1 unspecified atom stereocenters. The lowest BCUT2D eigenvalue weighted by atomic mass is 10.1. The molecule has 1 aromatic heterocycles. The second-order valence-electron chi connectivity index (χ2n) is 4.34. The summed E-state index contributed by atoms with van der Waals surface area (Å²) in [5.74, 6) is 2.97. The molecule has 1 aromatic carbocycles. The molecule has 1 fully saturated rings. The van der Waals surface area contributed by atoms with Gasteiger partial charge in [-0.1, -0.05) is 11.6 Å². The topological polar surface area (TPSA) is 43.8 Å². The summed E-state index contributed by atoms with van der Waals surface area (Å²) in [6.45, 7) is 0. The number of aromatic nitrogens is 2. The quantitative estimate of drug-likeness (QED) is 0.862. The van der Waals surface area contributed by atoms with Crippen molar-refractivity contribution in [3.63, 3.8) is 0 Å². The number of fused-ring (bicyclic) bond motifs is 1. The van der Waals surface area contributed by atoms with E-state index in [-0.39, 0.29) is 0 Å². The number of imidazole rings is 1. The first-order valence-electron chi connectivity index (χ1n) is 5.76. The van der Waals surface area contributed by atoms with Crippen molar-refractivity contribution in [2.75, 3.05) is 17.2 Å². The Kier molecular flexibility index (Phi) is 2.92. The summed E-state index contributed by atoms with van der Waals surface area (Å²) in [7, 11) is 0. The van der Waals surface area contributed by atoms with Crippen molar-refractivity contribution in [1.29, 1.82) is 0 Å². The average molecular weight is 268 g/mol. The molecule has 1 atom stereocenters. The van der Waals surface area contributed by atoms with Crippen LogP contribution in [0.2, 0.25) is 5.02 Å². The Morgan fingerprint density at radius 1 is 1.47 bits per heavy atom. The van der Waals surface area contributed by atoms with Gasteiger partial charge in [-0.3, -0.25) is 0 Å². The lowest BCUT2D eigenvalue weighted by Gasteiger charge is -2.24. The van der Waals surface area contributed by atoms with Crippen LogP contribution in [-0.2, 0) is 0 Å². The fourth-order valence-corrected chi connectivity index (χ4v) is 3.69. The van der Waals surface area contributed by atoms with Crippen molar-refractivity contribution in [2.24, 2.45) is 0 Å². The largest absolute Gasteiger partial charge is 0.369 e. The summed E-state index contributed by atoms with van der Waals surface area (Å²) in [5, 5.41) is 0.738. The zero-order chi connectivity index (χ0) is 11.8. The molecule has 3 rings (SSSR count). The second kappa shape index (κ2) is 4.42. The third-order valence-electron chi connectivity index (χ3n) is 3.18. The normalized spacial score (nSPS) is 20.9. The van der Waals surface area contributed by atoms with E-state index in [0.717, 1.165) is 21.8 Å². The van der Waals surface area contributed by atoms with Crippen LogP contribution in [0, 0.1) is 0 Å². The van der Waals surface area contributed by atoms with E-state index in [1.165, 1.54) is 18.6 Å². The van der Waals surface area contributed by atoms with E-state index in [1.54, 1.807) is 0 Å². The van der Waals surface area contributed by atoms with Crippen LogP contribution in [0.1, 0.15) is 18.9 Å². The SMILES string of the molecule is Nc1nc2ccc(Cl)cc2n1C1CCCSC1. The molecule has 0 bridgehead atoms. The maximum atomic E-state index is 6.05. The van der Waals surface area contributed by atoms with E-state index < -0.39 is 0 Å². The number of benzene rings is 1. The Bertz CT molecular complexity index is 546. The highest BCUT2D eigenvalue weighted by atomic mass is 35.5. The third kappa shape index (κ3) is 2.00. The number of rotatable bonds is 1. The molecular weight excluding hydrogens is 254 g/mol. The summed E-state index contributed by atoms with van der Waals surface area (Å²) >= 11 is 8.04. The zero-order valence-electron chi connectivity index (χ0n) is 9.40. The van der Waals surface area contributed by atoms with E-state index in [0.29, 0.717) is 12.0 Å². The van der Waals surface area contributed by atoms with Crippen molar-refractivity contribution < 1.29 is 0 Å². The molecule has 2 heterocycles. The number of halogens is 1. The number of thioether (sulfide) groups is 1. The van der Waals surface area contributed by atoms with Gasteiger partial charge in [0.1, 0.15) is 0 Å². The van der Waals surface area contributed by atoms with Gasteiger partial charge in [-0.05, 0) is 36.8 Å². The molecule has 1 aliphatic rings. The van der Waals surface area contributed by atoms with E-state index in [2.05, 4.69) is 9.55 Å². The molecule has 2 aromatic rings. The molecule has 90 valence electrons. The van der Waals surface area contributed by atoms with Crippen molar-refractivity contribution >= 4 is 40.3 Å². The van der Waals surface area contributed by atoms with Crippen LogP contribution in [0.4, 0.5) is 5.95 Å². The monoisotopic (exact) mass is 267 g/mol. The Morgan fingerprint density at radius 2 is 2.35 bits per heavy atom. The second-order valence-corrected chi connectivity index (χ2v) is 5.93. The highest BCUT2D eigenvalue weighted by Gasteiger charge is 2.20. The lowest BCUT2D eigenvalue weighted by molar-refractivity contribution is 0.517. The van der Waals surface area contributed by atoms with Crippen LogP contribution in [0.5, 0.6) is 0 Å². The minimum absolute atomic E-state index is 0.456. The fourth-order valence-electron chi connectivity index (χ4n) is 2.40. The zero-order valence-corrected chi connectivity index (χ0v) is 11.0. The van der Waals surface area contributed by atoms with Crippen LogP contribution in [0.25, 0.3) is 11.0 Å². The predicted octanol–water partition coefficient (Wildman–Crippen LogP) is 3.34. The number of nitrogen functional groups attached to an aromatic ring is 1. The van der Waals surface area contributed by atoms with Gasteiger partial charge in [-0.15, -0.1) is 0 Å². The number of nitrogens with zero attached hydrogens (tertiary/aromatic N) is 2. The number of nitrogens with two attached hydrogens (primary N) is 1. The molecule has 17 heavy (non-hydrogen) atoms. The summed E-state index contributed by atoms with van der Waals surface area (Å²) in [5.41, 5.74) is 8.02. The fraction of sp³-hybridized carbons (Fsp3) is 0.417. The molecule has 0 amide bonds. The van der Waals surface area contributed by atoms with Gasteiger partial charge in [0.15, 0.2) is 0 Å². The molecule has 0 spiro atoms. The van der Waals surface area contributed by atoms with E-state index in [9.17, 15) is 0 Å². The maximum absolute atomic E-state index is 6.05. The summed E-state index contributed by atoms with van der Waals surface area (Å²) in [4.78, 5) is 4.40. The number of hydrogen-bond donors (Lipinski definition) is 1. The Labute approximate surface area is 109 Å². The van der Waals surface area contributed by atoms with Gasteiger partial charge in [0.2, 0.25) is 5.95 Å². The average Bonchev–Trinajstić information content (AvgIpc) is 2.65. The standard InChI is InChI=1S/C12H14ClN3S/c13-8-3-4-10-11(6-8)16(12(14)15-10)9-2-1-5-17-7-9/h3-4,6,9H,1-2,5,7H2,(H2,14,15). The van der Waals surface area contributed by atoms with Crippen LogP contribution in [0.15, 0.2) is 18.2 Å². The van der Waals surface area contributed by atoms with Crippen LogP contribution in [0.3, 0.4) is 0 Å². The summed E-state index contributed by atoms with van der Waals surface area (Å²) in [6.07, 6.45) is 2.42. The van der Waals surface area contributed by atoms with Crippen LogP contribution < -0.4 is 5.73 Å². The summed E-state index contributed by atoms with van der Waals surface area (Å²) < 4.78 is 2.15.